The van der Waals surface area contributed by atoms with Crippen molar-refractivity contribution in [3.63, 3.8) is 0 Å². The van der Waals surface area contributed by atoms with Crippen LogP contribution in [0.5, 0.6) is 5.75 Å². The fraction of sp³-hybridized carbons (Fsp3) is 0.600. The highest BCUT2D eigenvalue weighted by molar-refractivity contribution is 5.29. The van der Waals surface area contributed by atoms with Gasteiger partial charge in [0.2, 0.25) is 0 Å². The van der Waals surface area contributed by atoms with E-state index < -0.39 is 0 Å². The number of halogens is 1. The fourth-order valence-corrected chi connectivity index (χ4v) is 1.61. The molecule has 1 aromatic rings. The van der Waals surface area contributed by atoms with Crippen LogP contribution in [0.2, 0.25) is 0 Å². The summed E-state index contributed by atoms with van der Waals surface area (Å²) in [5.41, 5.74) is 0.925. The van der Waals surface area contributed by atoms with Gasteiger partial charge in [-0.1, -0.05) is 20.8 Å². The molecular formula is C15H24FNO. The number of rotatable bonds is 7. The minimum Gasteiger partial charge on any atom is -0.491 e. The molecule has 2 nitrogen and oxygen atoms in total. The lowest BCUT2D eigenvalue weighted by Gasteiger charge is -2.14. The van der Waals surface area contributed by atoms with Gasteiger partial charge < -0.3 is 10.1 Å². The average Bonchev–Trinajstić information content (AvgIpc) is 2.27. The van der Waals surface area contributed by atoms with Gasteiger partial charge in [-0.15, -0.1) is 0 Å². The van der Waals surface area contributed by atoms with Crippen LogP contribution in [0.25, 0.3) is 0 Å². The van der Waals surface area contributed by atoms with Crippen LogP contribution < -0.4 is 10.1 Å². The molecule has 0 saturated heterocycles. The molecule has 0 spiro atoms. The van der Waals surface area contributed by atoms with E-state index in [9.17, 15) is 4.39 Å². The first-order valence-corrected chi connectivity index (χ1v) is 6.68. The van der Waals surface area contributed by atoms with Crippen LogP contribution in [0.3, 0.4) is 0 Å². The van der Waals surface area contributed by atoms with Crippen LogP contribution in [-0.2, 0) is 6.54 Å². The van der Waals surface area contributed by atoms with Crippen molar-refractivity contribution in [2.75, 3.05) is 6.54 Å². The lowest BCUT2D eigenvalue weighted by molar-refractivity contribution is 0.216. The molecule has 0 radical (unpaired) electrons. The molecule has 18 heavy (non-hydrogen) atoms. The van der Waals surface area contributed by atoms with Crippen molar-refractivity contribution < 1.29 is 9.13 Å². The lowest BCUT2D eigenvalue weighted by Crippen LogP contribution is -2.19. The normalized spacial score (nSPS) is 12.8. The van der Waals surface area contributed by atoms with Crippen LogP contribution in [0, 0.1) is 11.7 Å². The van der Waals surface area contributed by atoms with Gasteiger partial charge in [-0.25, -0.2) is 4.39 Å². The molecule has 1 rings (SSSR count). The second-order valence-electron chi connectivity index (χ2n) is 5.16. The maximum atomic E-state index is 13.5. The van der Waals surface area contributed by atoms with Gasteiger partial charge in [0.05, 0.1) is 6.10 Å². The standard InChI is InChI=1S/C15H24FNO/c1-5-12(4)18-15-7-13(6-14(16)8-15)10-17-9-11(2)3/h6-8,11-12,17H,5,9-10H2,1-4H3. The van der Waals surface area contributed by atoms with Gasteiger partial charge in [0.15, 0.2) is 0 Å². The van der Waals surface area contributed by atoms with Gasteiger partial charge in [-0.3, -0.25) is 0 Å². The second-order valence-corrected chi connectivity index (χ2v) is 5.16. The van der Waals surface area contributed by atoms with Gasteiger partial charge in [0.25, 0.3) is 0 Å². The Bertz CT molecular complexity index is 366. The Hall–Kier alpha value is -1.09. The summed E-state index contributed by atoms with van der Waals surface area (Å²) in [6, 6.07) is 4.90. The smallest absolute Gasteiger partial charge is 0.127 e. The van der Waals surface area contributed by atoms with E-state index in [1.807, 2.05) is 13.0 Å². The zero-order chi connectivity index (χ0) is 13.5. The first-order chi connectivity index (χ1) is 8.51. The summed E-state index contributed by atoms with van der Waals surface area (Å²) >= 11 is 0. The van der Waals surface area contributed by atoms with Crippen LogP contribution >= 0.6 is 0 Å². The predicted molar refractivity (Wildman–Crippen MR) is 73.3 cm³/mol. The van der Waals surface area contributed by atoms with Crippen molar-refractivity contribution in [3.8, 4) is 5.75 Å². The molecule has 0 bridgehead atoms. The van der Waals surface area contributed by atoms with Crippen molar-refractivity contribution in [2.45, 2.75) is 46.8 Å². The Morgan fingerprint density at radius 2 is 1.94 bits per heavy atom. The summed E-state index contributed by atoms with van der Waals surface area (Å²) in [6.45, 7) is 9.94. The van der Waals surface area contributed by atoms with Crippen molar-refractivity contribution in [3.05, 3.63) is 29.6 Å². The van der Waals surface area contributed by atoms with Gasteiger partial charge in [-0.2, -0.15) is 0 Å². The molecule has 1 unspecified atom stereocenters. The first-order valence-electron chi connectivity index (χ1n) is 6.68. The third kappa shape index (κ3) is 5.50. The molecule has 1 aromatic carbocycles. The summed E-state index contributed by atoms with van der Waals surface area (Å²) in [6.07, 6.45) is 1.03. The van der Waals surface area contributed by atoms with E-state index in [4.69, 9.17) is 4.74 Å². The first kappa shape index (κ1) is 15.0. The molecular weight excluding hydrogens is 229 g/mol. The Kier molecular flexibility index (Phi) is 6.13. The number of nitrogens with one attached hydrogen (secondary N) is 1. The zero-order valence-electron chi connectivity index (χ0n) is 11.8. The number of benzene rings is 1. The van der Waals surface area contributed by atoms with E-state index in [2.05, 4.69) is 26.1 Å². The highest BCUT2D eigenvalue weighted by atomic mass is 19.1. The number of ether oxygens (including phenoxy) is 1. The fourth-order valence-electron chi connectivity index (χ4n) is 1.61. The maximum Gasteiger partial charge on any atom is 0.127 e. The van der Waals surface area contributed by atoms with Gasteiger partial charge >= 0.3 is 0 Å². The summed E-state index contributed by atoms with van der Waals surface area (Å²) in [4.78, 5) is 0. The molecule has 1 atom stereocenters. The van der Waals surface area contributed by atoms with Gasteiger partial charge in [0.1, 0.15) is 11.6 Å². The van der Waals surface area contributed by atoms with Crippen molar-refractivity contribution >= 4 is 0 Å². The third-order valence-electron chi connectivity index (χ3n) is 2.72. The summed E-state index contributed by atoms with van der Waals surface area (Å²) in [7, 11) is 0. The van der Waals surface area contributed by atoms with Gasteiger partial charge in [-0.05, 0) is 43.5 Å². The average molecular weight is 253 g/mol. The van der Waals surface area contributed by atoms with Crippen molar-refractivity contribution in [1.82, 2.24) is 5.32 Å². The Labute approximate surface area is 110 Å². The molecule has 0 amide bonds. The maximum absolute atomic E-state index is 13.5. The Morgan fingerprint density at radius 1 is 1.22 bits per heavy atom. The molecule has 0 heterocycles. The molecule has 102 valence electrons. The summed E-state index contributed by atoms with van der Waals surface area (Å²) in [5.74, 6) is 0.970. The minimum absolute atomic E-state index is 0.114. The van der Waals surface area contributed by atoms with E-state index in [1.165, 1.54) is 6.07 Å². The Morgan fingerprint density at radius 3 is 2.56 bits per heavy atom. The topological polar surface area (TPSA) is 21.3 Å². The summed E-state index contributed by atoms with van der Waals surface area (Å²) in [5, 5.41) is 3.30. The highest BCUT2D eigenvalue weighted by Gasteiger charge is 2.05. The lowest BCUT2D eigenvalue weighted by atomic mass is 10.2. The molecule has 1 N–H and O–H groups in total. The van der Waals surface area contributed by atoms with Gasteiger partial charge in [0, 0.05) is 12.6 Å². The summed E-state index contributed by atoms with van der Waals surface area (Å²) < 4.78 is 19.1. The molecule has 0 saturated carbocycles. The van der Waals surface area contributed by atoms with E-state index in [0.29, 0.717) is 18.2 Å². The number of hydrogen-bond acceptors (Lipinski definition) is 2. The van der Waals surface area contributed by atoms with E-state index >= 15 is 0 Å². The third-order valence-corrected chi connectivity index (χ3v) is 2.72. The van der Waals surface area contributed by atoms with Crippen molar-refractivity contribution in [2.24, 2.45) is 5.92 Å². The van der Waals surface area contributed by atoms with E-state index in [0.717, 1.165) is 18.5 Å². The quantitative estimate of drug-likeness (QED) is 0.799. The number of hydrogen-bond donors (Lipinski definition) is 1. The zero-order valence-corrected chi connectivity index (χ0v) is 11.8. The second kappa shape index (κ2) is 7.37. The molecule has 0 aliphatic carbocycles. The largest absolute Gasteiger partial charge is 0.491 e. The monoisotopic (exact) mass is 253 g/mol. The van der Waals surface area contributed by atoms with Crippen LogP contribution in [-0.4, -0.2) is 12.6 Å². The minimum atomic E-state index is -0.239. The molecule has 0 aliphatic rings. The molecule has 0 fully saturated rings. The molecule has 3 heteroatoms. The Balaban J connectivity index is 2.62. The van der Waals surface area contributed by atoms with E-state index in [-0.39, 0.29) is 11.9 Å². The predicted octanol–water partition coefficient (Wildman–Crippen LogP) is 3.75. The van der Waals surface area contributed by atoms with E-state index in [1.54, 1.807) is 6.07 Å². The molecule has 0 aliphatic heterocycles. The SMILES string of the molecule is CCC(C)Oc1cc(F)cc(CNCC(C)C)c1. The molecule has 0 aromatic heterocycles. The van der Waals surface area contributed by atoms with Crippen LogP contribution in [0.15, 0.2) is 18.2 Å². The van der Waals surface area contributed by atoms with Crippen molar-refractivity contribution in [1.29, 1.82) is 0 Å². The van der Waals surface area contributed by atoms with Crippen LogP contribution in [0.1, 0.15) is 39.7 Å². The van der Waals surface area contributed by atoms with Crippen LogP contribution in [0.4, 0.5) is 4.39 Å². The highest BCUT2D eigenvalue weighted by Crippen LogP contribution is 2.18.